The van der Waals surface area contributed by atoms with E-state index in [1.807, 2.05) is 51.2 Å². The van der Waals surface area contributed by atoms with E-state index in [1.165, 1.54) is 33.8 Å². The van der Waals surface area contributed by atoms with Crippen LogP contribution in [0.1, 0.15) is 65.3 Å². The number of aromatic nitrogens is 2. The molecule has 4 aromatic rings. The second kappa shape index (κ2) is 10.9. The van der Waals surface area contributed by atoms with Crippen LogP contribution in [0, 0.1) is 40.5 Å². The maximum Gasteiger partial charge on any atom is 0.226 e. The standard InChI is InChI=1S/C33H37N5OS/c1-19(2)32(39)35-27-15-14-25(17-21(27)4)38-31(30(36-33(38)40)28-12-8-9-16-34-28)26-18-22(5)37(24(26)7)29-13-10-11-20(3)23(29)6/h8-19,30-31H,1-7H3,(H,35,39)(H,36,40)/t30-,31+/m1/s1. The fraction of sp³-hybridized carbons (Fsp3) is 0.303. The van der Waals surface area contributed by atoms with Gasteiger partial charge in [0.05, 0.1) is 17.8 Å². The molecule has 0 aliphatic carbocycles. The summed E-state index contributed by atoms with van der Waals surface area (Å²) in [6, 6.07) is 20.6. The number of hydrogen-bond acceptors (Lipinski definition) is 3. The van der Waals surface area contributed by atoms with Crippen molar-refractivity contribution in [3.63, 3.8) is 0 Å². The lowest BCUT2D eigenvalue weighted by molar-refractivity contribution is -0.118. The van der Waals surface area contributed by atoms with Crippen molar-refractivity contribution in [1.82, 2.24) is 14.9 Å². The van der Waals surface area contributed by atoms with Crippen LogP contribution in [0.4, 0.5) is 11.4 Å². The molecule has 0 bridgehead atoms. The van der Waals surface area contributed by atoms with E-state index in [0.29, 0.717) is 5.11 Å². The molecule has 2 N–H and O–H groups in total. The lowest BCUT2D eigenvalue weighted by Crippen LogP contribution is -2.29. The summed E-state index contributed by atoms with van der Waals surface area (Å²) in [5.74, 6) is -0.0913. The Hall–Kier alpha value is -3.97. The first-order valence-corrected chi connectivity index (χ1v) is 14.2. The topological polar surface area (TPSA) is 62.2 Å². The van der Waals surface area contributed by atoms with Gasteiger partial charge >= 0.3 is 0 Å². The number of rotatable bonds is 6. The number of benzene rings is 2. The first-order chi connectivity index (χ1) is 19.1. The van der Waals surface area contributed by atoms with Crippen LogP contribution in [-0.4, -0.2) is 20.6 Å². The molecule has 1 amide bonds. The molecule has 0 saturated carbocycles. The zero-order valence-electron chi connectivity index (χ0n) is 24.2. The molecule has 0 unspecified atom stereocenters. The van der Waals surface area contributed by atoms with Crippen molar-refractivity contribution in [2.45, 2.75) is 60.5 Å². The molecule has 1 saturated heterocycles. The van der Waals surface area contributed by atoms with Crippen molar-refractivity contribution in [3.8, 4) is 5.69 Å². The van der Waals surface area contributed by atoms with Crippen molar-refractivity contribution < 1.29 is 4.79 Å². The minimum absolute atomic E-state index is 0.00110. The Balaban J connectivity index is 1.64. The predicted molar refractivity (Wildman–Crippen MR) is 167 cm³/mol. The molecule has 7 heteroatoms. The van der Waals surface area contributed by atoms with Gasteiger partial charge in [-0.1, -0.05) is 32.0 Å². The summed E-state index contributed by atoms with van der Waals surface area (Å²) in [6.45, 7) is 14.5. The van der Waals surface area contributed by atoms with E-state index in [9.17, 15) is 4.79 Å². The molecule has 3 heterocycles. The summed E-state index contributed by atoms with van der Waals surface area (Å²) >= 11 is 5.98. The maximum atomic E-state index is 12.4. The maximum absolute atomic E-state index is 12.4. The molecule has 6 nitrogen and oxygen atoms in total. The van der Waals surface area contributed by atoms with E-state index in [1.54, 1.807) is 0 Å². The van der Waals surface area contributed by atoms with E-state index in [4.69, 9.17) is 17.2 Å². The quantitative estimate of drug-likeness (QED) is 0.249. The second-order valence-electron chi connectivity index (χ2n) is 11.0. The summed E-state index contributed by atoms with van der Waals surface area (Å²) < 4.78 is 2.35. The number of aryl methyl sites for hydroxylation is 3. The minimum atomic E-state index is -0.137. The van der Waals surface area contributed by atoms with Gasteiger partial charge in [-0.05, 0) is 112 Å². The fourth-order valence-corrected chi connectivity index (χ4v) is 5.95. The van der Waals surface area contributed by atoms with Crippen molar-refractivity contribution in [2.24, 2.45) is 5.92 Å². The fourth-order valence-electron chi connectivity index (χ4n) is 5.60. The molecule has 2 aromatic heterocycles. The number of carbonyl (C=O) groups is 1. The number of nitrogens with zero attached hydrogens (tertiary/aromatic N) is 3. The van der Waals surface area contributed by atoms with E-state index < -0.39 is 0 Å². The Morgan fingerprint density at radius 3 is 2.42 bits per heavy atom. The van der Waals surface area contributed by atoms with Gasteiger partial charge in [0.25, 0.3) is 0 Å². The molecule has 206 valence electrons. The molecule has 1 aliphatic rings. The number of nitrogens with one attached hydrogen (secondary N) is 2. The number of pyridine rings is 1. The van der Waals surface area contributed by atoms with Crippen molar-refractivity contribution in [3.05, 3.63) is 106 Å². The summed E-state index contributed by atoms with van der Waals surface area (Å²) in [5.41, 5.74) is 11.0. The van der Waals surface area contributed by atoms with Gasteiger partial charge in [0, 0.05) is 40.6 Å². The van der Waals surface area contributed by atoms with Crippen LogP contribution in [0.3, 0.4) is 0 Å². The number of hydrogen-bond donors (Lipinski definition) is 2. The minimum Gasteiger partial charge on any atom is -0.351 e. The lowest BCUT2D eigenvalue weighted by Gasteiger charge is -2.29. The zero-order valence-corrected chi connectivity index (χ0v) is 25.1. The lowest BCUT2D eigenvalue weighted by atomic mass is 9.96. The van der Waals surface area contributed by atoms with Gasteiger partial charge in [-0.3, -0.25) is 9.78 Å². The second-order valence-corrected chi connectivity index (χ2v) is 11.4. The van der Waals surface area contributed by atoms with Crippen molar-refractivity contribution in [2.75, 3.05) is 10.2 Å². The van der Waals surface area contributed by atoms with Gasteiger partial charge in [-0.15, -0.1) is 0 Å². The molecule has 40 heavy (non-hydrogen) atoms. The third-order valence-corrected chi connectivity index (χ3v) is 8.29. The van der Waals surface area contributed by atoms with E-state index >= 15 is 0 Å². The third kappa shape index (κ3) is 4.90. The highest BCUT2D eigenvalue weighted by molar-refractivity contribution is 7.80. The average molecular weight is 552 g/mol. The Morgan fingerprint density at radius 2 is 1.75 bits per heavy atom. The highest BCUT2D eigenvalue weighted by Gasteiger charge is 2.42. The number of thiocarbonyl (C=S) groups is 1. The number of anilines is 2. The molecule has 1 aliphatic heterocycles. The zero-order chi connectivity index (χ0) is 28.7. The van der Waals surface area contributed by atoms with Crippen molar-refractivity contribution in [1.29, 1.82) is 0 Å². The smallest absolute Gasteiger partial charge is 0.226 e. The Labute approximate surface area is 242 Å². The Morgan fingerprint density at radius 1 is 0.975 bits per heavy atom. The summed E-state index contributed by atoms with van der Waals surface area (Å²) in [7, 11) is 0. The van der Waals surface area contributed by atoms with Gasteiger partial charge in [0.2, 0.25) is 5.91 Å². The van der Waals surface area contributed by atoms with Gasteiger partial charge < -0.3 is 20.1 Å². The van der Waals surface area contributed by atoms with Crippen LogP contribution in [0.25, 0.3) is 5.69 Å². The molecule has 0 spiro atoms. The summed E-state index contributed by atoms with van der Waals surface area (Å²) in [4.78, 5) is 19.3. The van der Waals surface area contributed by atoms with E-state index in [0.717, 1.165) is 22.6 Å². The molecule has 2 aromatic carbocycles. The normalized spacial score (nSPS) is 16.9. The van der Waals surface area contributed by atoms with Crippen LogP contribution in [0.2, 0.25) is 0 Å². The van der Waals surface area contributed by atoms with Gasteiger partial charge in [0.15, 0.2) is 5.11 Å². The first kappa shape index (κ1) is 27.6. The van der Waals surface area contributed by atoms with Crippen LogP contribution in [0.15, 0.2) is 66.9 Å². The molecular formula is C33H37N5OS. The SMILES string of the molecule is Cc1cc(N2C(=S)N[C@H](c3ccccn3)[C@@H]2c2cc(C)n(-c3cccc(C)c3C)c2C)ccc1NC(=O)C(C)C. The van der Waals surface area contributed by atoms with Crippen molar-refractivity contribution >= 4 is 34.6 Å². The predicted octanol–water partition coefficient (Wildman–Crippen LogP) is 7.19. The average Bonchev–Trinajstić information content (AvgIpc) is 3.42. The van der Waals surface area contributed by atoms with Gasteiger partial charge in [-0.25, -0.2) is 0 Å². The molecule has 2 atom stereocenters. The molecule has 5 rings (SSSR count). The monoisotopic (exact) mass is 551 g/mol. The summed E-state index contributed by atoms with van der Waals surface area (Å²) in [6.07, 6.45) is 1.83. The Bertz CT molecular complexity index is 1590. The van der Waals surface area contributed by atoms with Crippen LogP contribution in [0.5, 0.6) is 0 Å². The Kier molecular flexibility index (Phi) is 7.51. The highest BCUT2D eigenvalue weighted by atomic mass is 32.1. The molecule has 0 radical (unpaired) electrons. The largest absolute Gasteiger partial charge is 0.351 e. The van der Waals surface area contributed by atoms with Crippen LogP contribution >= 0.6 is 12.2 Å². The van der Waals surface area contributed by atoms with Crippen LogP contribution in [-0.2, 0) is 4.79 Å². The third-order valence-electron chi connectivity index (χ3n) is 7.97. The van der Waals surface area contributed by atoms with E-state index in [2.05, 4.69) is 84.2 Å². The molecular weight excluding hydrogens is 514 g/mol. The van der Waals surface area contributed by atoms with Gasteiger partial charge in [-0.2, -0.15) is 0 Å². The highest BCUT2D eigenvalue weighted by Crippen LogP contribution is 2.44. The number of carbonyl (C=O) groups excluding carboxylic acids is 1. The molecule has 1 fully saturated rings. The summed E-state index contributed by atoms with van der Waals surface area (Å²) in [5, 5.41) is 7.27. The van der Waals surface area contributed by atoms with E-state index in [-0.39, 0.29) is 23.9 Å². The number of amides is 1. The first-order valence-electron chi connectivity index (χ1n) is 13.8. The van der Waals surface area contributed by atoms with Gasteiger partial charge in [0.1, 0.15) is 0 Å². The van der Waals surface area contributed by atoms with Crippen LogP contribution < -0.4 is 15.5 Å².